The Balaban J connectivity index is 1.56. The molecule has 6 nitrogen and oxygen atoms in total. The third-order valence-corrected chi connectivity index (χ3v) is 5.83. The highest BCUT2D eigenvalue weighted by atomic mass is 16.2. The first-order valence-corrected chi connectivity index (χ1v) is 10.9. The molecule has 0 saturated carbocycles. The fourth-order valence-corrected chi connectivity index (χ4v) is 4.21. The normalized spacial score (nSPS) is 16.7. The molecule has 3 N–H and O–H groups in total. The quantitative estimate of drug-likeness (QED) is 0.606. The lowest BCUT2D eigenvalue weighted by Crippen LogP contribution is -2.58. The minimum Gasteiger partial charge on any atom is -0.352 e. The zero-order chi connectivity index (χ0) is 22.3. The number of piperazine rings is 1. The van der Waals surface area contributed by atoms with Crippen LogP contribution in [0.2, 0.25) is 0 Å². The SMILES string of the molecule is NC(=O)NCCN1CC(=O)N(c2cccc(-c3ccccc3)c2)CC1Cc1ccccc1. The van der Waals surface area contributed by atoms with E-state index in [1.54, 1.807) is 0 Å². The summed E-state index contributed by atoms with van der Waals surface area (Å²) in [6.45, 7) is 1.87. The number of anilines is 1. The molecule has 0 spiro atoms. The van der Waals surface area contributed by atoms with Gasteiger partial charge >= 0.3 is 6.03 Å². The molecule has 0 bridgehead atoms. The molecule has 0 aliphatic carbocycles. The summed E-state index contributed by atoms with van der Waals surface area (Å²) >= 11 is 0. The molecule has 3 amide bonds. The molecular weight excluding hydrogens is 400 g/mol. The lowest BCUT2D eigenvalue weighted by atomic mass is 10.00. The van der Waals surface area contributed by atoms with E-state index in [9.17, 15) is 9.59 Å². The standard InChI is InChI=1S/C26H28N4O2/c27-26(32)28-14-15-29-19-25(31)30(18-24(29)16-20-8-3-1-4-9-20)23-13-7-12-22(17-23)21-10-5-2-6-11-21/h1-13,17,24H,14-16,18-19H2,(H3,27,28,32). The van der Waals surface area contributed by atoms with Crippen LogP contribution in [0.25, 0.3) is 11.1 Å². The lowest BCUT2D eigenvalue weighted by molar-refractivity contribution is -0.122. The number of hydrogen-bond donors (Lipinski definition) is 2. The van der Waals surface area contributed by atoms with Crippen LogP contribution in [0.4, 0.5) is 10.5 Å². The van der Waals surface area contributed by atoms with Gasteiger partial charge in [-0.05, 0) is 35.2 Å². The van der Waals surface area contributed by atoms with Crippen molar-refractivity contribution in [3.63, 3.8) is 0 Å². The van der Waals surface area contributed by atoms with Gasteiger partial charge < -0.3 is 16.0 Å². The topological polar surface area (TPSA) is 78.7 Å². The monoisotopic (exact) mass is 428 g/mol. The van der Waals surface area contributed by atoms with Gasteiger partial charge in [-0.1, -0.05) is 72.8 Å². The first-order chi connectivity index (χ1) is 15.6. The van der Waals surface area contributed by atoms with Crippen molar-refractivity contribution in [3.05, 3.63) is 90.5 Å². The zero-order valence-electron chi connectivity index (χ0n) is 18.0. The Kier molecular flexibility index (Phi) is 6.82. The highest BCUT2D eigenvalue weighted by Crippen LogP contribution is 2.27. The zero-order valence-corrected chi connectivity index (χ0v) is 18.0. The number of hydrogen-bond acceptors (Lipinski definition) is 3. The molecule has 1 saturated heterocycles. The summed E-state index contributed by atoms with van der Waals surface area (Å²) in [5.41, 5.74) is 9.55. The van der Waals surface area contributed by atoms with Gasteiger partial charge in [0.2, 0.25) is 5.91 Å². The average molecular weight is 429 g/mol. The fraction of sp³-hybridized carbons (Fsp3) is 0.231. The van der Waals surface area contributed by atoms with Gasteiger partial charge in [0.05, 0.1) is 6.54 Å². The van der Waals surface area contributed by atoms with Crippen LogP contribution in [-0.4, -0.2) is 49.1 Å². The van der Waals surface area contributed by atoms with Crippen molar-refractivity contribution in [1.29, 1.82) is 0 Å². The summed E-state index contributed by atoms with van der Waals surface area (Å²) in [4.78, 5) is 28.2. The van der Waals surface area contributed by atoms with Gasteiger partial charge in [-0.15, -0.1) is 0 Å². The molecule has 32 heavy (non-hydrogen) atoms. The molecule has 164 valence electrons. The second-order valence-electron chi connectivity index (χ2n) is 8.03. The van der Waals surface area contributed by atoms with E-state index in [1.165, 1.54) is 5.56 Å². The van der Waals surface area contributed by atoms with Crippen LogP contribution in [0.1, 0.15) is 5.56 Å². The molecular formula is C26H28N4O2. The van der Waals surface area contributed by atoms with E-state index in [2.05, 4.69) is 46.6 Å². The maximum Gasteiger partial charge on any atom is 0.312 e. The average Bonchev–Trinajstić information content (AvgIpc) is 2.82. The highest BCUT2D eigenvalue weighted by molar-refractivity contribution is 5.96. The van der Waals surface area contributed by atoms with Crippen molar-refractivity contribution in [3.8, 4) is 11.1 Å². The highest BCUT2D eigenvalue weighted by Gasteiger charge is 2.32. The van der Waals surface area contributed by atoms with E-state index in [-0.39, 0.29) is 11.9 Å². The summed E-state index contributed by atoms with van der Waals surface area (Å²) in [7, 11) is 0. The Morgan fingerprint density at radius 2 is 1.62 bits per heavy atom. The maximum atomic E-state index is 13.1. The number of urea groups is 1. The Morgan fingerprint density at radius 1 is 0.938 bits per heavy atom. The summed E-state index contributed by atoms with van der Waals surface area (Å²) in [5, 5.41) is 2.63. The largest absolute Gasteiger partial charge is 0.352 e. The van der Waals surface area contributed by atoms with E-state index in [0.717, 1.165) is 23.2 Å². The molecule has 1 aliphatic heterocycles. The van der Waals surface area contributed by atoms with Gasteiger partial charge in [0.25, 0.3) is 0 Å². The first-order valence-electron chi connectivity index (χ1n) is 10.9. The van der Waals surface area contributed by atoms with Crippen molar-refractivity contribution < 1.29 is 9.59 Å². The van der Waals surface area contributed by atoms with Crippen LogP contribution >= 0.6 is 0 Å². The van der Waals surface area contributed by atoms with Crippen molar-refractivity contribution >= 4 is 17.6 Å². The van der Waals surface area contributed by atoms with Crippen LogP contribution in [0.3, 0.4) is 0 Å². The molecule has 1 heterocycles. The van der Waals surface area contributed by atoms with Gasteiger partial charge in [0.1, 0.15) is 0 Å². The number of nitrogens with zero attached hydrogens (tertiary/aromatic N) is 2. The van der Waals surface area contributed by atoms with Crippen LogP contribution in [0, 0.1) is 0 Å². The van der Waals surface area contributed by atoms with Crippen molar-refractivity contribution in [2.45, 2.75) is 12.5 Å². The minimum atomic E-state index is -0.549. The van der Waals surface area contributed by atoms with E-state index in [4.69, 9.17) is 5.73 Å². The molecule has 1 fully saturated rings. The molecule has 1 unspecified atom stereocenters. The molecule has 4 rings (SSSR count). The fourth-order valence-electron chi connectivity index (χ4n) is 4.21. The summed E-state index contributed by atoms with van der Waals surface area (Å²) in [6, 6.07) is 28.2. The molecule has 1 aliphatic rings. The predicted molar refractivity (Wildman–Crippen MR) is 127 cm³/mol. The maximum absolute atomic E-state index is 13.1. The number of carbonyl (C=O) groups is 2. The minimum absolute atomic E-state index is 0.0543. The second kappa shape index (κ2) is 10.1. The van der Waals surface area contributed by atoms with E-state index in [0.29, 0.717) is 26.2 Å². The van der Waals surface area contributed by atoms with Crippen LogP contribution in [-0.2, 0) is 11.2 Å². The smallest absolute Gasteiger partial charge is 0.312 e. The third-order valence-electron chi connectivity index (χ3n) is 5.83. The molecule has 0 radical (unpaired) electrons. The van der Waals surface area contributed by atoms with Gasteiger partial charge in [0.15, 0.2) is 0 Å². The summed E-state index contributed by atoms with van der Waals surface area (Å²) in [5.74, 6) is 0.0543. The first kappa shape index (κ1) is 21.6. The number of nitrogens with two attached hydrogens (primary N) is 1. The number of benzene rings is 3. The van der Waals surface area contributed by atoms with E-state index >= 15 is 0 Å². The van der Waals surface area contributed by atoms with Crippen molar-refractivity contribution in [2.75, 3.05) is 31.1 Å². The van der Waals surface area contributed by atoms with Crippen LogP contribution in [0.5, 0.6) is 0 Å². The number of carbonyl (C=O) groups excluding carboxylic acids is 2. The molecule has 3 aromatic rings. The summed E-state index contributed by atoms with van der Waals surface area (Å²) < 4.78 is 0. The van der Waals surface area contributed by atoms with Gasteiger partial charge in [0, 0.05) is 31.4 Å². The third kappa shape index (κ3) is 5.34. The number of rotatable bonds is 7. The number of primary amides is 1. The van der Waals surface area contributed by atoms with Gasteiger partial charge in [-0.2, -0.15) is 0 Å². The number of amides is 3. The number of nitrogens with one attached hydrogen (secondary N) is 1. The van der Waals surface area contributed by atoms with Crippen LogP contribution < -0.4 is 16.0 Å². The summed E-state index contributed by atoms with van der Waals surface area (Å²) in [6.07, 6.45) is 0.819. The van der Waals surface area contributed by atoms with Crippen molar-refractivity contribution in [1.82, 2.24) is 10.2 Å². The van der Waals surface area contributed by atoms with Gasteiger partial charge in [-0.3, -0.25) is 9.69 Å². The van der Waals surface area contributed by atoms with Crippen molar-refractivity contribution in [2.24, 2.45) is 5.73 Å². The molecule has 6 heteroatoms. The van der Waals surface area contributed by atoms with E-state index in [1.807, 2.05) is 53.4 Å². The second-order valence-corrected chi connectivity index (χ2v) is 8.03. The Labute approximate surface area is 188 Å². The van der Waals surface area contributed by atoms with Crippen LogP contribution in [0.15, 0.2) is 84.9 Å². The molecule has 3 aromatic carbocycles. The lowest BCUT2D eigenvalue weighted by Gasteiger charge is -2.41. The molecule has 1 atom stereocenters. The van der Waals surface area contributed by atoms with E-state index < -0.39 is 6.03 Å². The predicted octanol–water partition coefficient (Wildman–Crippen LogP) is 3.28. The van der Waals surface area contributed by atoms with Gasteiger partial charge in [-0.25, -0.2) is 4.79 Å². The Morgan fingerprint density at radius 3 is 2.34 bits per heavy atom. The Hall–Kier alpha value is -3.64. The molecule has 0 aromatic heterocycles. The Bertz CT molecular complexity index is 1060.